The van der Waals surface area contributed by atoms with Crippen LogP contribution in [0.5, 0.6) is 0 Å². The highest BCUT2D eigenvalue weighted by Crippen LogP contribution is 2.11. The first kappa shape index (κ1) is 14.6. The third-order valence-electron chi connectivity index (χ3n) is 2.95. The number of hydrogen-bond donors (Lipinski definition) is 2. The van der Waals surface area contributed by atoms with Crippen LogP contribution >= 0.6 is 0 Å². The minimum Gasteiger partial charge on any atom is -0.293 e. The van der Waals surface area contributed by atoms with Gasteiger partial charge in [-0.2, -0.15) is 0 Å². The lowest BCUT2D eigenvalue weighted by Crippen LogP contribution is -2.48. The molecule has 0 bridgehead atoms. The van der Waals surface area contributed by atoms with Crippen LogP contribution in [-0.4, -0.2) is 28.4 Å². The predicted octanol–water partition coefficient (Wildman–Crippen LogP) is 1.06. The van der Waals surface area contributed by atoms with Crippen molar-refractivity contribution in [3.63, 3.8) is 0 Å². The van der Waals surface area contributed by atoms with Crippen molar-refractivity contribution in [3.8, 4) is 0 Å². The van der Waals surface area contributed by atoms with E-state index in [1.54, 1.807) is 6.20 Å². The van der Waals surface area contributed by atoms with E-state index < -0.39 is 0 Å². The van der Waals surface area contributed by atoms with Gasteiger partial charge in [-0.1, -0.05) is 26.3 Å². The van der Waals surface area contributed by atoms with E-state index in [0.29, 0.717) is 6.54 Å². The van der Waals surface area contributed by atoms with Gasteiger partial charge >= 0.3 is 0 Å². The van der Waals surface area contributed by atoms with Crippen LogP contribution in [0.1, 0.15) is 32.4 Å². The molecule has 100 valence electrons. The standard InChI is InChI=1S/C13H22N4O/c1-3-7-12(13(18)16-14)17(4-2)10-11-8-5-6-9-15-11/h5-6,8-9,12H,3-4,7,10,14H2,1-2H3,(H,16,18). The fraction of sp³-hybridized carbons (Fsp3) is 0.538. The predicted molar refractivity (Wildman–Crippen MR) is 71.3 cm³/mol. The van der Waals surface area contributed by atoms with Gasteiger partial charge in [-0.25, -0.2) is 5.84 Å². The van der Waals surface area contributed by atoms with Crippen molar-refractivity contribution in [1.82, 2.24) is 15.3 Å². The van der Waals surface area contributed by atoms with Crippen molar-refractivity contribution in [2.24, 2.45) is 5.84 Å². The number of nitrogens with one attached hydrogen (secondary N) is 1. The molecule has 5 nitrogen and oxygen atoms in total. The maximum Gasteiger partial charge on any atom is 0.251 e. The van der Waals surface area contributed by atoms with E-state index in [2.05, 4.69) is 22.2 Å². The Morgan fingerprint density at radius 1 is 1.50 bits per heavy atom. The van der Waals surface area contributed by atoms with Crippen molar-refractivity contribution in [2.75, 3.05) is 6.54 Å². The normalized spacial score (nSPS) is 12.4. The molecule has 0 aromatic carbocycles. The topological polar surface area (TPSA) is 71.2 Å². The lowest BCUT2D eigenvalue weighted by atomic mass is 10.1. The fourth-order valence-corrected chi connectivity index (χ4v) is 1.99. The molecule has 1 unspecified atom stereocenters. The van der Waals surface area contributed by atoms with Gasteiger partial charge < -0.3 is 0 Å². The van der Waals surface area contributed by atoms with Gasteiger partial charge in [0, 0.05) is 12.7 Å². The maximum atomic E-state index is 11.8. The number of hydrogen-bond acceptors (Lipinski definition) is 4. The van der Waals surface area contributed by atoms with E-state index >= 15 is 0 Å². The van der Waals surface area contributed by atoms with E-state index in [1.165, 1.54) is 0 Å². The number of nitrogens with two attached hydrogens (primary N) is 1. The minimum atomic E-state index is -0.188. The molecule has 1 rings (SSSR count). The molecule has 1 amide bonds. The van der Waals surface area contributed by atoms with E-state index in [1.807, 2.05) is 25.1 Å². The summed E-state index contributed by atoms with van der Waals surface area (Å²) < 4.78 is 0. The van der Waals surface area contributed by atoms with Gasteiger partial charge in [-0.3, -0.25) is 20.1 Å². The number of likely N-dealkylation sites (N-methyl/N-ethyl adjacent to an activating group) is 1. The van der Waals surface area contributed by atoms with Crippen molar-refractivity contribution >= 4 is 5.91 Å². The van der Waals surface area contributed by atoms with Crippen LogP contribution in [0.4, 0.5) is 0 Å². The van der Waals surface area contributed by atoms with Crippen molar-refractivity contribution in [3.05, 3.63) is 30.1 Å². The summed E-state index contributed by atoms with van der Waals surface area (Å²) in [4.78, 5) is 18.2. The third-order valence-corrected chi connectivity index (χ3v) is 2.95. The minimum absolute atomic E-state index is 0.130. The Labute approximate surface area is 108 Å². The van der Waals surface area contributed by atoms with Gasteiger partial charge in [-0.15, -0.1) is 0 Å². The van der Waals surface area contributed by atoms with Crippen molar-refractivity contribution < 1.29 is 4.79 Å². The fourth-order valence-electron chi connectivity index (χ4n) is 1.99. The average Bonchev–Trinajstić information content (AvgIpc) is 2.43. The molecule has 0 saturated heterocycles. The highest BCUT2D eigenvalue weighted by atomic mass is 16.2. The molecular formula is C13H22N4O. The van der Waals surface area contributed by atoms with Gasteiger partial charge in [0.15, 0.2) is 0 Å². The van der Waals surface area contributed by atoms with Crippen LogP contribution in [0, 0.1) is 0 Å². The molecule has 0 radical (unpaired) electrons. The van der Waals surface area contributed by atoms with E-state index in [-0.39, 0.29) is 11.9 Å². The second-order valence-electron chi connectivity index (χ2n) is 4.20. The SMILES string of the molecule is CCCC(C(=O)NN)N(CC)Cc1ccccn1. The van der Waals surface area contributed by atoms with E-state index in [9.17, 15) is 4.79 Å². The molecule has 0 saturated carbocycles. The van der Waals surface area contributed by atoms with Crippen molar-refractivity contribution in [2.45, 2.75) is 39.3 Å². The average molecular weight is 250 g/mol. The van der Waals surface area contributed by atoms with Crippen LogP contribution in [0.15, 0.2) is 24.4 Å². The van der Waals surface area contributed by atoms with Gasteiger partial charge in [0.25, 0.3) is 5.91 Å². The number of carbonyl (C=O) groups excluding carboxylic acids is 1. The largest absolute Gasteiger partial charge is 0.293 e. The third kappa shape index (κ3) is 4.09. The molecule has 0 fully saturated rings. The highest BCUT2D eigenvalue weighted by Gasteiger charge is 2.23. The zero-order valence-corrected chi connectivity index (χ0v) is 11.1. The number of aromatic nitrogens is 1. The molecule has 3 N–H and O–H groups in total. The second kappa shape index (κ2) is 7.79. The Morgan fingerprint density at radius 2 is 2.28 bits per heavy atom. The zero-order chi connectivity index (χ0) is 13.4. The number of rotatable bonds is 7. The highest BCUT2D eigenvalue weighted by molar-refractivity contribution is 5.81. The van der Waals surface area contributed by atoms with Crippen LogP contribution in [0.2, 0.25) is 0 Å². The van der Waals surface area contributed by atoms with Crippen molar-refractivity contribution in [1.29, 1.82) is 0 Å². The Balaban J connectivity index is 2.75. The lowest BCUT2D eigenvalue weighted by Gasteiger charge is -2.28. The molecular weight excluding hydrogens is 228 g/mol. The molecule has 0 spiro atoms. The molecule has 1 atom stereocenters. The van der Waals surface area contributed by atoms with Crippen LogP contribution in [0.3, 0.4) is 0 Å². The Morgan fingerprint density at radius 3 is 2.78 bits per heavy atom. The molecule has 0 aliphatic rings. The first-order valence-electron chi connectivity index (χ1n) is 6.37. The molecule has 1 aromatic heterocycles. The summed E-state index contributed by atoms with van der Waals surface area (Å²) in [5, 5.41) is 0. The van der Waals surface area contributed by atoms with E-state index in [4.69, 9.17) is 5.84 Å². The first-order chi connectivity index (χ1) is 8.72. The molecule has 1 aromatic rings. The molecule has 1 heterocycles. The first-order valence-corrected chi connectivity index (χ1v) is 6.37. The Bertz CT molecular complexity index is 355. The Kier molecular flexibility index (Phi) is 6.32. The van der Waals surface area contributed by atoms with Gasteiger partial charge in [-0.05, 0) is 25.1 Å². The molecule has 18 heavy (non-hydrogen) atoms. The summed E-state index contributed by atoms with van der Waals surface area (Å²) in [6, 6.07) is 5.61. The zero-order valence-electron chi connectivity index (χ0n) is 11.1. The second-order valence-corrected chi connectivity index (χ2v) is 4.20. The number of nitrogens with zero attached hydrogens (tertiary/aromatic N) is 2. The molecule has 5 heteroatoms. The summed E-state index contributed by atoms with van der Waals surface area (Å²) in [7, 11) is 0. The molecule has 0 aliphatic heterocycles. The summed E-state index contributed by atoms with van der Waals surface area (Å²) in [6.07, 6.45) is 3.50. The Hall–Kier alpha value is -1.46. The van der Waals surface area contributed by atoms with Crippen LogP contribution in [-0.2, 0) is 11.3 Å². The monoisotopic (exact) mass is 250 g/mol. The molecule has 0 aliphatic carbocycles. The lowest BCUT2D eigenvalue weighted by molar-refractivity contribution is -0.127. The summed E-state index contributed by atoms with van der Waals surface area (Å²) in [6.45, 7) is 5.55. The van der Waals surface area contributed by atoms with Crippen LogP contribution in [0.25, 0.3) is 0 Å². The quantitative estimate of drug-likeness (QED) is 0.431. The number of pyridine rings is 1. The van der Waals surface area contributed by atoms with E-state index in [0.717, 1.165) is 25.1 Å². The van der Waals surface area contributed by atoms with Gasteiger partial charge in [0.1, 0.15) is 0 Å². The summed E-state index contributed by atoms with van der Waals surface area (Å²) >= 11 is 0. The van der Waals surface area contributed by atoms with Gasteiger partial charge in [0.2, 0.25) is 0 Å². The van der Waals surface area contributed by atoms with Gasteiger partial charge in [0.05, 0.1) is 11.7 Å². The smallest absolute Gasteiger partial charge is 0.251 e. The number of amides is 1. The number of hydrazine groups is 1. The summed E-state index contributed by atoms with van der Waals surface area (Å²) in [5.41, 5.74) is 3.21. The maximum absolute atomic E-state index is 11.8. The number of carbonyl (C=O) groups is 1. The summed E-state index contributed by atoms with van der Waals surface area (Å²) in [5.74, 6) is 5.12. The van der Waals surface area contributed by atoms with Crippen LogP contribution < -0.4 is 11.3 Å².